The first-order chi connectivity index (χ1) is 11.4. The van der Waals surface area contributed by atoms with Gasteiger partial charge in [0.05, 0.1) is 24.7 Å². The largest absolute Gasteiger partial charge is 0.487 e. The Balaban J connectivity index is 2.21. The molecular formula is C17H21NO5S. The molecule has 0 radical (unpaired) electrons. The predicted molar refractivity (Wildman–Crippen MR) is 92.5 cm³/mol. The van der Waals surface area contributed by atoms with Crippen LogP contribution in [0.25, 0.3) is 0 Å². The Morgan fingerprint density at radius 2 is 1.83 bits per heavy atom. The summed E-state index contributed by atoms with van der Waals surface area (Å²) in [5.41, 5.74) is 1.95. The average Bonchev–Trinajstić information content (AvgIpc) is 2.53. The summed E-state index contributed by atoms with van der Waals surface area (Å²) in [6, 6.07) is 14.5. The molecule has 6 nitrogen and oxygen atoms in total. The Bertz CT molecular complexity index is 762. The molecular weight excluding hydrogens is 330 g/mol. The highest BCUT2D eigenvalue weighted by Crippen LogP contribution is 2.28. The Morgan fingerprint density at radius 1 is 1.12 bits per heavy atom. The lowest BCUT2D eigenvalue weighted by atomic mass is 10.1. The summed E-state index contributed by atoms with van der Waals surface area (Å²) in [6.07, 6.45) is 0.379. The van der Waals surface area contributed by atoms with E-state index < -0.39 is 16.1 Å². The van der Waals surface area contributed by atoms with Crippen molar-refractivity contribution in [1.82, 2.24) is 0 Å². The quantitative estimate of drug-likeness (QED) is 0.670. The second-order valence-corrected chi connectivity index (χ2v) is 7.27. The van der Waals surface area contributed by atoms with Crippen molar-refractivity contribution in [3.63, 3.8) is 0 Å². The molecule has 0 fully saturated rings. The molecule has 7 heteroatoms. The zero-order valence-electron chi connectivity index (χ0n) is 13.3. The van der Waals surface area contributed by atoms with Gasteiger partial charge in [0.15, 0.2) is 0 Å². The van der Waals surface area contributed by atoms with Crippen molar-refractivity contribution in [2.24, 2.45) is 0 Å². The maximum Gasteiger partial charge on any atom is 0.229 e. The Labute approximate surface area is 141 Å². The lowest BCUT2D eigenvalue weighted by Crippen LogP contribution is -2.16. The van der Waals surface area contributed by atoms with Crippen LogP contribution in [0.2, 0.25) is 0 Å². The first-order valence-electron chi connectivity index (χ1n) is 7.44. The summed E-state index contributed by atoms with van der Waals surface area (Å²) in [5.74, 6) is 0.395. The summed E-state index contributed by atoms with van der Waals surface area (Å²) in [7, 11) is -3.48. The monoisotopic (exact) mass is 351 g/mol. The first kappa shape index (κ1) is 18.3. The van der Waals surface area contributed by atoms with Gasteiger partial charge in [-0.05, 0) is 23.3 Å². The number of nitrogens with one attached hydrogen (secondary N) is 1. The van der Waals surface area contributed by atoms with E-state index in [1.165, 1.54) is 0 Å². The van der Waals surface area contributed by atoms with E-state index in [0.717, 1.165) is 11.8 Å². The maximum absolute atomic E-state index is 11.6. The molecule has 1 atom stereocenters. The number of ether oxygens (including phenoxy) is 1. The van der Waals surface area contributed by atoms with Crippen molar-refractivity contribution in [3.05, 3.63) is 59.7 Å². The fraction of sp³-hybridized carbons (Fsp3) is 0.294. The normalized spacial score (nSPS) is 12.6. The van der Waals surface area contributed by atoms with Gasteiger partial charge in [-0.25, -0.2) is 8.42 Å². The Hall–Kier alpha value is -2.09. The third-order valence-electron chi connectivity index (χ3n) is 3.26. The highest BCUT2D eigenvalue weighted by Gasteiger charge is 2.12. The van der Waals surface area contributed by atoms with E-state index in [0.29, 0.717) is 23.6 Å². The van der Waals surface area contributed by atoms with Crippen LogP contribution in [-0.2, 0) is 23.1 Å². The fourth-order valence-corrected chi connectivity index (χ4v) is 2.74. The van der Waals surface area contributed by atoms with E-state index in [1.54, 1.807) is 18.2 Å². The zero-order chi connectivity index (χ0) is 17.6. The zero-order valence-corrected chi connectivity index (χ0v) is 14.2. The van der Waals surface area contributed by atoms with Gasteiger partial charge in [0.1, 0.15) is 12.4 Å². The second kappa shape index (κ2) is 8.14. The smallest absolute Gasteiger partial charge is 0.229 e. The molecule has 0 saturated heterocycles. The number of anilines is 1. The van der Waals surface area contributed by atoms with E-state index in [1.807, 2.05) is 30.3 Å². The molecule has 0 amide bonds. The van der Waals surface area contributed by atoms with Crippen LogP contribution >= 0.6 is 0 Å². The van der Waals surface area contributed by atoms with Crippen molar-refractivity contribution in [2.75, 3.05) is 17.6 Å². The number of hydrogen-bond acceptors (Lipinski definition) is 5. The molecule has 0 aliphatic heterocycles. The topological polar surface area (TPSA) is 95.9 Å². The third-order valence-corrected chi connectivity index (χ3v) is 3.85. The lowest BCUT2D eigenvalue weighted by Gasteiger charge is -2.15. The molecule has 1 unspecified atom stereocenters. The van der Waals surface area contributed by atoms with Crippen molar-refractivity contribution in [3.8, 4) is 5.75 Å². The van der Waals surface area contributed by atoms with Crippen LogP contribution in [0.5, 0.6) is 5.75 Å². The van der Waals surface area contributed by atoms with Gasteiger partial charge in [-0.3, -0.25) is 4.72 Å². The van der Waals surface area contributed by atoms with Crippen molar-refractivity contribution >= 4 is 15.7 Å². The minimum atomic E-state index is -3.48. The van der Waals surface area contributed by atoms with Gasteiger partial charge in [-0.2, -0.15) is 0 Å². The van der Waals surface area contributed by atoms with E-state index >= 15 is 0 Å². The molecule has 0 aliphatic carbocycles. The predicted octanol–water partition coefficient (Wildman–Crippen LogP) is 1.53. The molecule has 0 spiro atoms. The summed E-state index contributed by atoms with van der Waals surface area (Å²) >= 11 is 0. The SMILES string of the molecule is CS(=O)(=O)Nc1cc(CC(O)CO)ccc1OCc1ccccc1. The lowest BCUT2D eigenvalue weighted by molar-refractivity contribution is 0.0955. The van der Waals surface area contributed by atoms with E-state index in [4.69, 9.17) is 9.84 Å². The van der Waals surface area contributed by atoms with Crippen molar-refractivity contribution < 1.29 is 23.4 Å². The fourth-order valence-electron chi connectivity index (χ4n) is 2.18. The number of sulfonamides is 1. The highest BCUT2D eigenvalue weighted by atomic mass is 32.2. The van der Waals surface area contributed by atoms with Gasteiger partial charge in [-0.1, -0.05) is 36.4 Å². The van der Waals surface area contributed by atoms with E-state index in [9.17, 15) is 13.5 Å². The highest BCUT2D eigenvalue weighted by molar-refractivity contribution is 7.92. The molecule has 2 rings (SSSR count). The standard InChI is InChI=1S/C17H21NO5S/c1-24(21,22)18-16-10-14(9-15(20)11-19)7-8-17(16)23-12-13-5-3-2-4-6-13/h2-8,10,15,18-20H,9,11-12H2,1H3. The van der Waals surface area contributed by atoms with Gasteiger partial charge in [0, 0.05) is 6.42 Å². The Kier molecular flexibility index (Phi) is 6.19. The second-order valence-electron chi connectivity index (χ2n) is 5.52. The van der Waals surface area contributed by atoms with Crippen LogP contribution in [0.3, 0.4) is 0 Å². The summed E-state index contributed by atoms with van der Waals surface area (Å²) in [5, 5.41) is 18.5. The van der Waals surface area contributed by atoms with E-state index in [2.05, 4.69) is 4.72 Å². The maximum atomic E-state index is 11.6. The Morgan fingerprint density at radius 3 is 2.46 bits per heavy atom. The van der Waals surface area contributed by atoms with Gasteiger partial charge in [0.2, 0.25) is 10.0 Å². The van der Waals surface area contributed by atoms with Crippen LogP contribution in [0.15, 0.2) is 48.5 Å². The minimum absolute atomic E-state index is 0.216. The van der Waals surface area contributed by atoms with Crippen LogP contribution in [0.1, 0.15) is 11.1 Å². The van der Waals surface area contributed by atoms with Crippen LogP contribution in [0, 0.1) is 0 Å². The van der Waals surface area contributed by atoms with Crippen molar-refractivity contribution in [2.45, 2.75) is 19.1 Å². The molecule has 3 N–H and O–H groups in total. The van der Waals surface area contributed by atoms with Gasteiger partial charge in [0.25, 0.3) is 0 Å². The van der Waals surface area contributed by atoms with Crippen LogP contribution in [0.4, 0.5) is 5.69 Å². The molecule has 2 aromatic carbocycles. The third kappa shape index (κ3) is 5.84. The van der Waals surface area contributed by atoms with E-state index in [-0.39, 0.29) is 13.0 Å². The summed E-state index contributed by atoms with van der Waals surface area (Å²) in [6.45, 7) is -0.0566. The number of rotatable bonds is 8. The molecule has 0 bridgehead atoms. The molecule has 0 aliphatic rings. The van der Waals surface area contributed by atoms with Crippen LogP contribution < -0.4 is 9.46 Å². The summed E-state index contributed by atoms with van der Waals surface area (Å²) < 4.78 is 31.3. The van der Waals surface area contributed by atoms with Crippen LogP contribution in [-0.4, -0.2) is 37.6 Å². The molecule has 2 aromatic rings. The number of hydrogen-bond donors (Lipinski definition) is 3. The molecule has 130 valence electrons. The number of benzene rings is 2. The molecule has 24 heavy (non-hydrogen) atoms. The molecule has 0 heterocycles. The van der Waals surface area contributed by atoms with Gasteiger partial charge in [-0.15, -0.1) is 0 Å². The summed E-state index contributed by atoms with van der Waals surface area (Å²) in [4.78, 5) is 0. The van der Waals surface area contributed by atoms with Gasteiger partial charge < -0.3 is 14.9 Å². The van der Waals surface area contributed by atoms with Gasteiger partial charge >= 0.3 is 0 Å². The molecule has 0 aromatic heterocycles. The van der Waals surface area contributed by atoms with Crippen molar-refractivity contribution in [1.29, 1.82) is 0 Å². The number of aliphatic hydroxyl groups is 2. The average molecular weight is 351 g/mol. The first-order valence-corrected chi connectivity index (χ1v) is 9.33. The molecule has 0 saturated carbocycles. The number of aliphatic hydroxyl groups excluding tert-OH is 2. The minimum Gasteiger partial charge on any atom is -0.487 e.